The molecule has 6 rings (SSSR count). The van der Waals surface area contributed by atoms with Crippen LogP contribution in [0.15, 0.2) is 54.6 Å². The van der Waals surface area contributed by atoms with Gasteiger partial charge in [-0.05, 0) is 102 Å². The number of esters is 2. The van der Waals surface area contributed by atoms with Crippen molar-refractivity contribution in [3.63, 3.8) is 0 Å². The molecule has 16 heteroatoms. The van der Waals surface area contributed by atoms with Crippen molar-refractivity contribution in [1.82, 2.24) is 15.1 Å². The molecule has 4 heterocycles. The molecular weight excluding hydrogens is 808 g/mol. The van der Waals surface area contributed by atoms with E-state index in [1.807, 2.05) is 30.3 Å². The van der Waals surface area contributed by atoms with Crippen LogP contribution in [0.1, 0.15) is 107 Å². The summed E-state index contributed by atoms with van der Waals surface area (Å²) in [6, 6.07) is 14.8. The Bertz CT molecular complexity index is 2140. The highest BCUT2D eigenvalue weighted by molar-refractivity contribution is 7.53. The summed E-state index contributed by atoms with van der Waals surface area (Å²) >= 11 is 1.24. The van der Waals surface area contributed by atoms with Gasteiger partial charge in [0.15, 0.2) is 0 Å². The number of ether oxygens (including phenoxy) is 2. The van der Waals surface area contributed by atoms with Crippen molar-refractivity contribution in [2.75, 3.05) is 26.7 Å². The minimum Gasteiger partial charge on any atom is -0.438 e. The number of thiophene rings is 1. The molecular formula is C44H55N4O10PS. The fraction of sp³-hybridized carbons (Fsp3) is 0.545. The third kappa shape index (κ3) is 10.6. The van der Waals surface area contributed by atoms with Crippen molar-refractivity contribution in [3.05, 3.63) is 82.0 Å². The Morgan fingerprint density at radius 1 is 0.867 bits per heavy atom. The number of amides is 3. The minimum atomic E-state index is -4.05. The molecule has 0 saturated carbocycles. The Morgan fingerprint density at radius 2 is 1.52 bits per heavy atom. The van der Waals surface area contributed by atoms with Crippen molar-refractivity contribution < 1.29 is 47.1 Å². The number of benzene rings is 2. The van der Waals surface area contributed by atoms with Crippen LogP contribution in [0.25, 0.3) is 14.9 Å². The molecule has 1 N–H and O–H groups in total. The van der Waals surface area contributed by atoms with Gasteiger partial charge in [-0.1, -0.05) is 49.2 Å². The summed E-state index contributed by atoms with van der Waals surface area (Å²) < 4.78 is 36.1. The Kier molecular flexibility index (Phi) is 13.9. The van der Waals surface area contributed by atoms with E-state index < -0.39 is 61.9 Å². The van der Waals surface area contributed by atoms with E-state index in [0.717, 1.165) is 29.5 Å². The average Bonchev–Trinajstić information content (AvgIpc) is 3.94. The van der Waals surface area contributed by atoms with Crippen LogP contribution in [-0.4, -0.2) is 90.3 Å². The smallest absolute Gasteiger partial charge is 0.340 e. The first-order valence-electron chi connectivity index (χ1n) is 20.5. The lowest BCUT2D eigenvalue weighted by atomic mass is 9.95. The van der Waals surface area contributed by atoms with Crippen molar-refractivity contribution >= 4 is 58.7 Å². The molecule has 3 aromatic rings. The second kappa shape index (κ2) is 18.6. The number of nitrogens with zero attached hydrogens (tertiary/aromatic N) is 3. The van der Waals surface area contributed by atoms with Crippen molar-refractivity contribution in [1.29, 1.82) is 0 Å². The molecule has 0 unspecified atom stereocenters. The molecule has 3 fully saturated rings. The van der Waals surface area contributed by atoms with Gasteiger partial charge in [0, 0.05) is 17.3 Å². The molecule has 60 heavy (non-hydrogen) atoms. The van der Waals surface area contributed by atoms with Gasteiger partial charge in [0.1, 0.15) is 12.1 Å². The standard InChI is InChI=1S/C44H55N4O10PS/c1-43(2,3)41(52)55-26-57-59(54,58-27-56-42(53)44(4,5)6)25-28-17-20-36-30(21-28)22-37(60-36)38(49)46-33-16-12-11-15-31-18-19-35(48(31)39(33)50)40(51)47-23-32(34(24-47)45-7)29-13-9-8-10-14-29/h8-10,13-14,17,20-22,31-35H,11-12,15-16,18-19,23-27H2,1-6H3,(H,46,49)/t31-,32+,33-,34-,35-/m0/s1. The molecule has 0 radical (unpaired) electrons. The van der Waals surface area contributed by atoms with E-state index in [1.54, 1.807) is 75.6 Å². The first-order chi connectivity index (χ1) is 28.4. The van der Waals surface area contributed by atoms with Crippen LogP contribution in [0.5, 0.6) is 0 Å². The van der Waals surface area contributed by atoms with Crippen LogP contribution in [0, 0.1) is 17.4 Å². The van der Waals surface area contributed by atoms with E-state index in [-0.39, 0.29) is 36.0 Å². The van der Waals surface area contributed by atoms with Crippen molar-refractivity contribution in [3.8, 4) is 0 Å². The van der Waals surface area contributed by atoms with E-state index in [0.29, 0.717) is 48.2 Å². The summed E-state index contributed by atoms with van der Waals surface area (Å²) in [6.45, 7) is 17.3. The fourth-order valence-electron chi connectivity index (χ4n) is 7.88. The van der Waals surface area contributed by atoms with Gasteiger partial charge < -0.3 is 29.4 Å². The maximum atomic E-state index is 14.3. The molecule has 5 atom stereocenters. The van der Waals surface area contributed by atoms with E-state index in [1.165, 1.54) is 11.3 Å². The fourth-order valence-corrected chi connectivity index (χ4v) is 10.2. The maximum absolute atomic E-state index is 14.3. The monoisotopic (exact) mass is 862 g/mol. The van der Waals surface area contributed by atoms with E-state index in [9.17, 15) is 28.5 Å². The molecule has 3 amide bonds. The molecule has 3 aliphatic heterocycles. The van der Waals surface area contributed by atoms with Gasteiger partial charge in [0.05, 0.1) is 34.3 Å². The van der Waals surface area contributed by atoms with Gasteiger partial charge in [0.25, 0.3) is 5.91 Å². The van der Waals surface area contributed by atoms with E-state index in [4.69, 9.17) is 25.1 Å². The van der Waals surface area contributed by atoms with Gasteiger partial charge >= 0.3 is 19.5 Å². The number of hydrogen-bond donors (Lipinski definition) is 1. The summed E-state index contributed by atoms with van der Waals surface area (Å²) in [5.74, 6) is -2.05. The third-order valence-electron chi connectivity index (χ3n) is 11.2. The Morgan fingerprint density at radius 3 is 2.15 bits per heavy atom. The Labute approximate surface area is 355 Å². The predicted molar refractivity (Wildman–Crippen MR) is 226 cm³/mol. The molecule has 0 spiro atoms. The van der Waals surface area contributed by atoms with Crippen LogP contribution >= 0.6 is 18.9 Å². The predicted octanol–water partition coefficient (Wildman–Crippen LogP) is 7.67. The quantitative estimate of drug-likeness (QED) is 0.0828. The first kappa shape index (κ1) is 44.9. The highest BCUT2D eigenvalue weighted by Crippen LogP contribution is 2.52. The van der Waals surface area contributed by atoms with Crippen LogP contribution in [0.3, 0.4) is 0 Å². The second-order valence-corrected chi connectivity index (χ2v) is 21.0. The van der Waals surface area contributed by atoms with Gasteiger partial charge in [-0.3, -0.25) is 37.6 Å². The van der Waals surface area contributed by atoms with E-state index >= 15 is 0 Å². The van der Waals surface area contributed by atoms with Gasteiger partial charge in [-0.15, -0.1) is 11.3 Å². The topological polar surface area (TPSA) is 162 Å². The molecule has 0 aliphatic carbocycles. The molecule has 2 aromatic carbocycles. The lowest BCUT2D eigenvalue weighted by molar-refractivity contribution is -0.162. The summed E-state index contributed by atoms with van der Waals surface area (Å²) in [7, 11) is -4.05. The summed E-state index contributed by atoms with van der Waals surface area (Å²) in [6.07, 6.45) is 3.84. The van der Waals surface area contributed by atoms with Crippen LogP contribution in [0.4, 0.5) is 0 Å². The SMILES string of the molecule is [C-]#[N+][C@H]1CN(C(=O)[C@@H]2CC[C@@H]3CCCC[C@H](NC(=O)c4cc5cc(CP(=O)(OCOC(=O)C(C)(C)C)OCOC(=O)C(C)(C)C)ccc5s4)C(=O)N32)C[C@@H]1c1ccccc1. The number of carbonyl (C=O) groups is 5. The van der Waals surface area contributed by atoms with Crippen molar-refractivity contribution in [2.24, 2.45) is 10.8 Å². The number of hydrogen-bond acceptors (Lipinski definition) is 11. The zero-order valence-corrected chi connectivity index (χ0v) is 36.9. The zero-order chi connectivity index (χ0) is 43.4. The van der Waals surface area contributed by atoms with Crippen LogP contribution in [-0.2, 0) is 48.4 Å². The van der Waals surface area contributed by atoms with E-state index in [2.05, 4.69) is 10.2 Å². The van der Waals surface area contributed by atoms with Crippen molar-refractivity contribution in [2.45, 2.75) is 116 Å². The molecule has 322 valence electrons. The van der Waals surface area contributed by atoms with Gasteiger partial charge in [-0.25, -0.2) is 6.57 Å². The number of nitrogens with one attached hydrogen (secondary N) is 1. The summed E-state index contributed by atoms with van der Waals surface area (Å²) in [5, 5.41) is 3.67. The minimum absolute atomic E-state index is 0.0987. The Balaban J connectivity index is 1.14. The number of carbonyl (C=O) groups excluding carboxylic acids is 5. The summed E-state index contributed by atoms with van der Waals surface area (Å²) in [4.78, 5) is 74.7. The van der Waals surface area contributed by atoms with Crippen LogP contribution in [0.2, 0.25) is 0 Å². The molecule has 14 nitrogen and oxygen atoms in total. The lowest BCUT2D eigenvalue weighted by Crippen LogP contribution is -2.56. The number of likely N-dealkylation sites (tertiary alicyclic amines) is 1. The molecule has 3 aliphatic rings. The lowest BCUT2D eigenvalue weighted by Gasteiger charge is -2.36. The third-order valence-corrected chi connectivity index (χ3v) is 14.1. The van der Waals surface area contributed by atoms with Gasteiger partial charge in [-0.2, -0.15) is 0 Å². The number of fused-ring (bicyclic) bond motifs is 2. The zero-order valence-electron chi connectivity index (χ0n) is 35.1. The molecule has 0 bridgehead atoms. The van der Waals surface area contributed by atoms with Crippen LogP contribution < -0.4 is 5.32 Å². The van der Waals surface area contributed by atoms with Gasteiger partial charge in [0.2, 0.25) is 31.4 Å². The first-order valence-corrected chi connectivity index (χ1v) is 23.0. The highest BCUT2D eigenvalue weighted by atomic mass is 32.1. The Hall–Kier alpha value is -4.61. The average molecular weight is 863 g/mol. The molecule has 3 saturated heterocycles. The summed E-state index contributed by atoms with van der Waals surface area (Å²) in [5.41, 5.74) is -0.0930. The maximum Gasteiger partial charge on any atom is 0.340 e. The largest absolute Gasteiger partial charge is 0.438 e. The normalized spacial score (nSPS) is 22.4. The number of rotatable bonds is 12. The highest BCUT2D eigenvalue weighted by Gasteiger charge is 2.48. The molecule has 1 aromatic heterocycles. The second-order valence-electron chi connectivity index (χ2n) is 17.9.